The highest BCUT2D eigenvalue weighted by atomic mass is 16.5. The molecule has 1 saturated heterocycles. The molecule has 2 heterocycles. The first kappa shape index (κ1) is 18.5. The zero-order valence-electron chi connectivity index (χ0n) is 15.8. The van der Waals surface area contributed by atoms with E-state index in [1.165, 1.54) is 11.1 Å². The van der Waals surface area contributed by atoms with Crippen molar-refractivity contribution in [3.63, 3.8) is 0 Å². The normalized spacial score (nSPS) is 18.0. The SMILES string of the molecule is O=C(NCCc1ccc(NC(=O)N2Cc3ccccc3C2)cc1)C1CCCO1. The minimum absolute atomic E-state index is 0.0204. The molecule has 146 valence electrons. The van der Waals surface area contributed by atoms with Crippen LogP contribution < -0.4 is 10.6 Å². The Bertz CT molecular complexity index is 819. The lowest BCUT2D eigenvalue weighted by atomic mass is 10.1. The van der Waals surface area contributed by atoms with Gasteiger partial charge in [0.25, 0.3) is 0 Å². The fourth-order valence-electron chi connectivity index (χ4n) is 3.66. The molecule has 0 saturated carbocycles. The van der Waals surface area contributed by atoms with Gasteiger partial charge in [0.1, 0.15) is 6.10 Å². The van der Waals surface area contributed by atoms with Crippen molar-refractivity contribution < 1.29 is 14.3 Å². The fourth-order valence-corrected chi connectivity index (χ4v) is 3.66. The second-order valence-corrected chi connectivity index (χ2v) is 7.29. The summed E-state index contributed by atoms with van der Waals surface area (Å²) in [5.74, 6) is -0.0204. The number of rotatable bonds is 5. The first-order valence-electron chi connectivity index (χ1n) is 9.80. The van der Waals surface area contributed by atoms with Gasteiger partial charge < -0.3 is 20.3 Å². The van der Waals surface area contributed by atoms with Crippen LogP contribution in [0.4, 0.5) is 10.5 Å². The van der Waals surface area contributed by atoms with Crippen LogP contribution in [-0.4, -0.2) is 36.1 Å². The number of nitrogens with one attached hydrogen (secondary N) is 2. The van der Waals surface area contributed by atoms with Gasteiger partial charge >= 0.3 is 6.03 Å². The summed E-state index contributed by atoms with van der Waals surface area (Å²) in [6.45, 7) is 2.54. The van der Waals surface area contributed by atoms with Crippen molar-refractivity contribution in [3.8, 4) is 0 Å². The molecule has 1 fully saturated rings. The summed E-state index contributed by atoms with van der Waals surface area (Å²) in [6, 6.07) is 15.8. The van der Waals surface area contributed by atoms with Crippen LogP contribution in [0.1, 0.15) is 29.5 Å². The topological polar surface area (TPSA) is 70.7 Å². The van der Waals surface area contributed by atoms with Crippen molar-refractivity contribution >= 4 is 17.6 Å². The summed E-state index contributed by atoms with van der Waals surface area (Å²) in [5, 5.41) is 5.88. The zero-order chi connectivity index (χ0) is 19.3. The van der Waals surface area contributed by atoms with Crippen molar-refractivity contribution in [2.75, 3.05) is 18.5 Å². The van der Waals surface area contributed by atoms with E-state index in [0.29, 0.717) is 26.2 Å². The second-order valence-electron chi connectivity index (χ2n) is 7.29. The van der Waals surface area contributed by atoms with Crippen LogP contribution in [0.3, 0.4) is 0 Å². The highest BCUT2D eigenvalue weighted by Gasteiger charge is 2.23. The Hall–Kier alpha value is -2.86. The maximum Gasteiger partial charge on any atom is 0.322 e. The molecule has 6 heteroatoms. The largest absolute Gasteiger partial charge is 0.368 e. The molecule has 28 heavy (non-hydrogen) atoms. The number of anilines is 1. The summed E-state index contributed by atoms with van der Waals surface area (Å²) in [4.78, 5) is 26.2. The van der Waals surface area contributed by atoms with Gasteiger partial charge in [-0.15, -0.1) is 0 Å². The van der Waals surface area contributed by atoms with Crippen molar-refractivity contribution in [3.05, 3.63) is 65.2 Å². The maximum atomic E-state index is 12.5. The van der Waals surface area contributed by atoms with Gasteiger partial charge in [-0.3, -0.25) is 4.79 Å². The third-order valence-corrected chi connectivity index (χ3v) is 5.27. The lowest BCUT2D eigenvalue weighted by Gasteiger charge is -2.16. The Morgan fingerprint density at radius 3 is 2.39 bits per heavy atom. The highest BCUT2D eigenvalue weighted by molar-refractivity contribution is 5.89. The van der Waals surface area contributed by atoms with Crippen LogP contribution in [0.2, 0.25) is 0 Å². The van der Waals surface area contributed by atoms with E-state index >= 15 is 0 Å². The van der Waals surface area contributed by atoms with Gasteiger partial charge in [-0.2, -0.15) is 0 Å². The first-order valence-corrected chi connectivity index (χ1v) is 9.80. The second kappa shape index (κ2) is 8.44. The molecule has 0 radical (unpaired) electrons. The number of fused-ring (bicyclic) bond motifs is 1. The van der Waals surface area contributed by atoms with Crippen LogP contribution in [-0.2, 0) is 29.0 Å². The van der Waals surface area contributed by atoms with Gasteiger partial charge in [0.05, 0.1) is 0 Å². The molecule has 3 amide bonds. The van der Waals surface area contributed by atoms with Crippen LogP contribution >= 0.6 is 0 Å². The molecule has 2 aliphatic heterocycles. The molecule has 2 aliphatic rings. The number of carbonyl (C=O) groups excluding carboxylic acids is 2. The van der Waals surface area contributed by atoms with Crippen molar-refractivity contribution in [1.29, 1.82) is 0 Å². The third-order valence-electron chi connectivity index (χ3n) is 5.27. The smallest absolute Gasteiger partial charge is 0.322 e. The van der Waals surface area contributed by atoms with E-state index in [-0.39, 0.29) is 18.0 Å². The minimum atomic E-state index is -0.283. The Morgan fingerprint density at radius 1 is 1.04 bits per heavy atom. The number of hydrogen-bond donors (Lipinski definition) is 2. The number of amides is 3. The van der Waals surface area contributed by atoms with E-state index in [1.807, 2.05) is 36.4 Å². The minimum Gasteiger partial charge on any atom is -0.368 e. The maximum absolute atomic E-state index is 12.5. The van der Waals surface area contributed by atoms with Gasteiger partial charge in [-0.05, 0) is 48.1 Å². The van der Waals surface area contributed by atoms with Crippen LogP contribution in [0.5, 0.6) is 0 Å². The number of nitrogens with zero attached hydrogens (tertiary/aromatic N) is 1. The number of urea groups is 1. The summed E-state index contributed by atoms with van der Waals surface area (Å²) in [5.41, 5.74) is 4.29. The van der Waals surface area contributed by atoms with Crippen molar-refractivity contribution in [2.45, 2.75) is 38.5 Å². The monoisotopic (exact) mass is 379 g/mol. The standard InChI is InChI=1S/C22H25N3O3/c26-21(20-6-3-13-28-20)23-12-11-16-7-9-19(10-8-16)24-22(27)25-14-17-4-1-2-5-18(17)15-25/h1-2,4-5,7-10,20H,3,6,11-15H2,(H,23,26)(H,24,27). The van der Waals surface area contributed by atoms with Crippen LogP contribution in [0.25, 0.3) is 0 Å². The fraction of sp³-hybridized carbons (Fsp3) is 0.364. The molecule has 2 aromatic rings. The van der Waals surface area contributed by atoms with E-state index in [2.05, 4.69) is 22.8 Å². The van der Waals surface area contributed by atoms with E-state index in [1.54, 1.807) is 4.90 Å². The number of carbonyl (C=O) groups is 2. The molecule has 1 atom stereocenters. The quantitative estimate of drug-likeness (QED) is 0.839. The van der Waals surface area contributed by atoms with Crippen molar-refractivity contribution in [1.82, 2.24) is 10.2 Å². The zero-order valence-corrected chi connectivity index (χ0v) is 15.8. The first-order chi connectivity index (χ1) is 13.7. The molecule has 0 bridgehead atoms. The lowest BCUT2D eigenvalue weighted by Crippen LogP contribution is -2.35. The van der Waals surface area contributed by atoms with E-state index < -0.39 is 0 Å². The summed E-state index contributed by atoms with van der Waals surface area (Å²) in [6.07, 6.45) is 2.22. The van der Waals surface area contributed by atoms with Gasteiger partial charge in [-0.25, -0.2) is 4.79 Å². The van der Waals surface area contributed by atoms with Gasteiger partial charge in [-0.1, -0.05) is 36.4 Å². The molecule has 0 aliphatic carbocycles. The third kappa shape index (κ3) is 4.34. The number of hydrogen-bond acceptors (Lipinski definition) is 3. The number of ether oxygens (including phenoxy) is 1. The average Bonchev–Trinajstić information content (AvgIpc) is 3.39. The predicted molar refractivity (Wildman–Crippen MR) is 107 cm³/mol. The Morgan fingerprint density at radius 2 is 1.75 bits per heavy atom. The summed E-state index contributed by atoms with van der Waals surface area (Å²) >= 11 is 0. The molecule has 2 N–H and O–H groups in total. The molecular formula is C22H25N3O3. The summed E-state index contributed by atoms with van der Waals surface area (Å²) in [7, 11) is 0. The van der Waals surface area contributed by atoms with Gasteiger partial charge in [0.15, 0.2) is 0 Å². The van der Waals surface area contributed by atoms with Gasteiger partial charge in [0, 0.05) is 31.9 Å². The van der Waals surface area contributed by atoms with Crippen molar-refractivity contribution in [2.24, 2.45) is 0 Å². The molecule has 2 aromatic carbocycles. The van der Waals surface area contributed by atoms with Crippen LogP contribution in [0, 0.1) is 0 Å². The Balaban J connectivity index is 1.23. The molecular weight excluding hydrogens is 354 g/mol. The molecule has 6 nitrogen and oxygen atoms in total. The lowest BCUT2D eigenvalue weighted by molar-refractivity contribution is -0.129. The number of benzene rings is 2. The Labute approximate surface area is 164 Å². The molecule has 0 spiro atoms. The predicted octanol–water partition coefficient (Wildman–Crippen LogP) is 3.07. The molecule has 0 aromatic heterocycles. The summed E-state index contributed by atoms with van der Waals surface area (Å²) < 4.78 is 5.38. The average molecular weight is 379 g/mol. The highest BCUT2D eigenvalue weighted by Crippen LogP contribution is 2.23. The van der Waals surface area contributed by atoms with Crippen LogP contribution in [0.15, 0.2) is 48.5 Å². The Kier molecular flexibility index (Phi) is 5.58. The van der Waals surface area contributed by atoms with E-state index in [0.717, 1.165) is 30.5 Å². The molecule has 4 rings (SSSR count). The van der Waals surface area contributed by atoms with E-state index in [4.69, 9.17) is 4.74 Å². The van der Waals surface area contributed by atoms with E-state index in [9.17, 15) is 9.59 Å². The van der Waals surface area contributed by atoms with Gasteiger partial charge in [0.2, 0.25) is 5.91 Å². The molecule has 1 unspecified atom stereocenters.